The van der Waals surface area contributed by atoms with Crippen LogP contribution in [-0.4, -0.2) is 24.3 Å². The van der Waals surface area contributed by atoms with Crippen molar-refractivity contribution in [1.82, 2.24) is 4.57 Å². The summed E-state index contributed by atoms with van der Waals surface area (Å²) in [5, 5.41) is 0. The minimum absolute atomic E-state index is 0.369. The first-order chi connectivity index (χ1) is 8.77. The number of rotatable bonds is 4. The molecule has 0 amide bonds. The maximum atomic E-state index is 11.7. The molecular formula is C14H15NO3. The Morgan fingerprint density at radius 1 is 1.22 bits per heavy atom. The first-order valence-electron chi connectivity index (χ1n) is 5.75. The number of benzene rings is 1. The maximum Gasteiger partial charge on any atom is 0.355 e. The van der Waals surface area contributed by atoms with Crippen LogP contribution in [0.1, 0.15) is 17.4 Å². The van der Waals surface area contributed by atoms with Crippen molar-refractivity contribution in [1.29, 1.82) is 0 Å². The second kappa shape index (κ2) is 5.40. The molecule has 0 saturated heterocycles. The SMILES string of the molecule is CCOc1ccccc1-n1cccc1C(=O)OC. The molecule has 0 unspecified atom stereocenters. The standard InChI is InChI=1S/C14H15NO3/c1-3-18-13-9-5-4-7-11(13)15-10-6-8-12(15)14(16)17-2/h4-10H,3H2,1-2H3. The molecule has 0 fully saturated rings. The van der Waals surface area contributed by atoms with Gasteiger partial charge in [-0.1, -0.05) is 12.1 Å². The van der Waals surface area contributed by atoms with Gasteiger partial charge in [-0.2, -0.15) is 0 Å². The van der Waals surface area contributed by atoms with Gasteiger partial charge in [-0.3, -0.25) is 0 Å². The number of aromatic nitrogens is 1. The van der Waals surface area contributed by atoms with Gasteiger partial charge in [0.1, 0.15) is 11.4 Å². The zero-order valence-corrected chi connectivity index (χ0v) is 10.4. The number of hydrogen-bond acceptors (Lipinski definition) is 3. The minimum atomic E-state index is -0.369. The fraction of sp³-hybridized carbons (Fsp3) is 0.214. The monoisotopic (exact) mass is 245 g/mol. The second-order valence-corrected chi connectivity index (χ2v) is 3.66. The smallest absolute Gasteiger partial charge is 0.355 e. The van der Waals surface area contributed by atoms with Crippen molar-refractivity contribution in [3.05, 3.63) is 48.3 Å². The van der Waals surface area contributed by atoms with Gasteiger partial charge in [0.25, 0.3) is 0 Å². The molecule has 0 aliphatic rings. The predicted molar refractivity (Wildman–Crippen MR) is 68.3 cm³/mol. The Labute approximate surface area is 106 Å². The summed E-state index contributed by atoms with van der Waals surface area (Å²) < 4.78 is 12.1. The van der Waals surface area contributed by atoms with Crippen LogP contribution in [0.5, 0.6) is 5.75 Å². The van der Waals surface area contributed by atoms with Crippen molar-refractivity contribution in [3.63, 3.8) is 0 Å². The first-order valence-corrected chi connectivity index (χ1v) is 5.75. The molecule has 1 aromatic carbocycles. The highest BCUT2D eigenvalue weighted by Gasteiger charge is 2.14. The van der Waals surface area contributed by atoms with E-state index in [1.807, 2.05) is 37.4 Å². The summed E-state index contributed by atoms with van der Waals surface area (Å²) >= 11 is 0. The molecule has 0 atom stereocenters. The molecule has 0 N–H and O–H groups in total. The van der Waals surface area contributed by atoms with Gasteiger partial charge < -0.3 is 14.0 Å². The second-order valence-electron chi connectivity index (χ2n) is 3.66. The fourth-order valence-electron chi connectivity index (χ4n) is 1.80. The quantitative estimate of drug-likeness (QED) is 0.777. The summed E-state index contributed by atoms with van der Waals surface area (Å²) in [6.45, 7) is 2.50. The highest BCUT2D eigenvalue weighted by atomic mass is 16.5. The van der Waals surface area contributed by atoms with E-state index in [2.05, 4.69) is 0 Å². The van der Waals surface area contributed by atoms with Crippen LogP contribution in [0.25, 0.3) is 5.69 Å². The number of para-hydroxylation sites is 2. The van der Waals surface area contributed by atoms with Crippen molar-refractivity contribution < 1.29 is 14.3 Å². The van der Waals surface area contributed by atoms with E-state index in [9.17, 15) is 4.79 Å². The molecule has 4 nitrogen and oxygen atoms in total. The summed E-state index contributed by atoms with van der Waals surface area (Å²) in [7, 11) is 1.37. The number of ether oxygens (including phenoxy) is 2. The Morgan fingerprint density at radius 3 is 2.72 bits per heavy atom. The molecule has 1 heterocycles. The van der Waals surface area contributed by atoms with E-state index < -0.39 is 0 Å². The molecular weight excluding hydrogens is 230 g/mol. The van der Waals surface area contributed by atoms with Crippen molar-refractivity contribution in [2.24, 2.45) is 0 Å². The summed E-state index contributed by atoms with van der Waals surface area (Å²) in [4.78, 5) is 11.7. The zero-order valence-electron chi connectivity index (χ0n) is 10.4. The summed E-state index contributed by atoms with van der Waals surface area (Å²) in [6.07, 6.45) is 1.81. The largest absolute Gasteiger partial charge is 0.492 e. The van der Waals surface area contributed by atoms with Crippen LogP contribution in [0.2, 0.25) is 0 Å². The van der Waals surface area contributed by atoms with Crippen LogP contribution in [0.4, 0.5) is 0 Å². The van der Waals surface area contributed by atoms with E-state index >= 15 is 0 Å². The van der Waals surface area contributed by atoms with Crippen molar-refractivity contribution >= 4 is 5.97 Å². The zero-order chi connectivity index (χ0) is 13.0. The molecule has 1 aromatic heterocycles. The molecule has 0 spiro atoms. The number of methoxy groups -OCH3 is 1. The predicted octanol–water partition coefficient (Wildman–Crippen LogP) is 2.66. The number of hydrogen-bond donors (Lipinski definition) is 0. The lowest BCUT2D eigenvalue weighted by atomic mass is 10.3. The van der Waals surface area contributed by atoms with Crippen LogP contribution in [-0.2, 0) is 4.74 Å². The van der Waals surface area contributed by atoms with Crippen molar-refractivity contribution in [2.45, 2.75) is 6.92 Å². The number of nitrogens with zero attached hydrogens (tertiary/aromatic N) is 1. The average Bonchev–Trinajstić information content (AvgIpc) is 2.88. The van der Waals surface area contributed by atoms with Crippen molar-refractivity contribution in [2.75, 3.05) is 13.7 Å². The van der Waals surface area contributed by atoms with E-state index in [0.717, 1.165) is 11.4 Å². The minimum Gasteiger partial charge on any atom is -0.492 e. The van der Waals surface area contributed by atoms with Gasteiger partial charge in [0.05, 0.1) is 19.4 Å². The van der Waals surface area contributed by atoms with Crippen LogP contribution in [0, 0.1) is 0 Å². The number of carbonyl (C=O) groups excluding carboxylic acids is 1. The van der Waals surface area contributed by atoms with E-state index in [1.54, 1.807) is 16.7 Å². The van der Waals surface area contributed by atoms with Gasteiger partial charge in [-0.05, 0) is 31.2 Å². The molecule has 0 radical (unpaired) electrons. The van der Waals surface area contributed by atoms with Crippen LogP contribution in [0.15, 0.2) is 42.6 Å². The van der Waals surface area contributed by atoms with Gasteiger partial charge in [0.15, 0.2) is 0 Å². The lowest BCUT2D eigenvalue weighted by molar-refractivity contribution is 0.0591. The molecule has 94 valence electrons. The third-order valence-electron chi connectivity index (χ3n) is 2.57. The van der Waals surface area contributed by atoms with Gasteiger partial charge in [0.2, 0.25) is 0 Å². The molecule has 0 bridgehead atoms. The lowest BCUT2D eigenvalue weighted by Gasteiger charge is -2.13. The number of carbonyl (C=O) groups is 1. The Hall–Kier alpha value is -2.23. The van der Waals surface area contributed by atoms with Crippen LogP contribution in [0.3, 0.4) is 0 Å². The Kier molecular flexibility index (Phi) is 3.67. The van der Waals surface area contributed by atoms with E-state index in [-0.39, 0.29) is 5.97 Å². The average molecular weight is 245 g/mol. The molecule has 4 heteroatoms. The summed E-state index contributed by atoms with van der Waals surface area (Å²) in [5.41, 5.74) is 1.30. The van der Waals surface area contributed by atoms with Crippen LogP contribution >= 0.6 is 0 Å². The van der Waals surface area contributed by atoms with E-state index in [0.29, 0.717) is 12.3 Å². The Bertz CT molecular complexity index is 545. The molecule has 0 aliphatic carbocycles. The summed E-state index contributed by atoms with van der Waals surface area (Å²) in [6, 6.07) is 11.1. The molecule has 2 aromatic rings. The third-order valence-corrected chi connectivity index (χ3v) is 2.57. The van der Waals surface area contributed by atoms with Crippen molar-refractivity contribution in [3.8, 4) is 11.4 Å². The third kappa shape index (κ3) is 2.22. The van der Waals surface area contributed by atoms with Gasteiger partial charge in [-0.15, -0.1) is 0 Å². The molecule has 0 saturated carbocycles. The molecule has 18 heavy (non-hydrogen) atoms. The molecule has 2 rings (SSSR count). The van der Waals surface area contributed by atoms with E-state index in [4.69, 9.17) is 9.47 Å². The normalized spacial score (nSPS) is 10.1. The topological polar surface area (TPSA) is 40.5 Å². The first kappa shape index (κ1) is 12.2. The highest BCUT2D eigenvalue weighted by Crippen LogP contribution is 2.24. The Morgan fingerprint density at radius 2 is 2.00 bits per heavy atom. The highest BCUT2D eigenvalue weighted by molar-refractivity contribution is 5.88. The van der Waals surface area contributed by atoms with E-state index in [1.165, 1.54) is 7.11 Å². The maximum absolute atomic E-state index is 11.7. The van der Waals surface area contributed by atoms with Crippen LogP contribution < -0.4 is 4.74 Å². The van der Waals surface area contributed by atoms with Gasteiger partial charge in [0, 0.05) is 6.20 Å². The lowest BCUT2D eigenvalue weighted by Crippen LogP contribution is -2.09. The number of esters is 1. The summed E-state index contributed by atoms with van der Waals surface area (Å²) in [5.74, 6) is 0.368. The Balaban J connectivity index is 2.49. The fourth-order valence-corrected chi connectivity index (χ4v) is 1.80. The van der Waals surface area contributed by atoms with Gasteiger partial charge >= 0.3 is 5.97 Å². The van der Waals surface area contributed by atoms with Gasteiger partial charge in [-0.25, -0.2) is 4.79 Å². The molecule has 0 aliphatic heterocycles.